The van der Waals surface area contributed by atoms with Gasteiger partial charge in [-0.25, -0.2) is 4.98 Å². The Morgan fingerprint density at radius 1 is 1.35 bits per heavy atom. The smallest absolute Gasteiger partial charge is 0.162 e. The summed E-state index contributed by atoms with van der Waals surface area (Å²) in [6, 6.07) is 3.89. The lowest BCUT2D eigenvalue weighted by molar-refractivity contribution is 0.548. The van der Waals surface area contributed by atoms with E-state index in [4.69, 9.17) is 4.42 Å². The fourth-order valence-corrected chi connectivity index (χ4v) is 2.41. The third-order valence-electron chi connectivity index (χ3n) is 2.46. The lowest BCUT2D eigenvalue weighted by atomic mass is 10.3. The Bertz CT molecular complexity index is 595. The van der Waals surface area contributed by atoms with Gasteiger partial charge < -0.3 is 4.42 Å². The second-order valence-electron chi connectivity index (χ2n) is 3.85. The highest BCUT2D eigenvalue weighted by Gasteiger charge is 2.10. The summed E-state index contributed by atoms with van der Waals surface area (Å²) < 4.78 is 7.32. The third-order valence-corrected chi connectivity index (χ3v) is 3.31. The van der Waals surface area contributed by atoms with Crippen LogP contribution < -0.4 is 0 Å². The van der Waals surface area contributed by atoms with Crippen molar-refractivity contribution in [3.63, 3.8) is 0 Å². The molecule has 0 aliphatic heterocycles. The summed E-state index contributed by atoms with van der Waals surface area (Å²) in [5.74, 6) is 1.72. The van der Waals surface area contributed by atoms with Crippen molar-refractivity contribution >= 4 is 11.3 Å². The van der Waals surface area contributed by atoms with E-state index in [1.807, 2.05) is 43.9 Å². The summed E-state index contributed by atoms with van der Waals surface area (Å²) in [6.07, 6.45) is 3.76. The Balaban J connectivity index is 1.98. The standard InChI is InChI=1S/C12H11N3OS/c1-8-3-4-11(16-8)12-14-10(7-17-12)9-5-13-15(2)6-9/h3-7H,1-2H3. The molecule has 0 fully saturated rings. The second kappa shape index (κ2) is 3.85. The van der Waals surface area contributed by atoms with Gasteiger partial charge in [0.25, 0.3) is 0 Å². The molecule has 0 aliphatic rings. The molecule has 17 heavy (non-hydrogen) atoms. The summed E-state index contributed by atoms with van der Waals surface area (Å²) >= 11 is 1.58. The van der Waals surface area contributed by atoms with Crippen LogP contribution in [0.4, 0.5) is 0 Å². The molecule has 0 amide bonds. The predicted molar refractivity (Wildman–Crippen MR) is 66.8 cm³/mol. The molecular formula is C12H11N3OS. The minimum atomic E-state index is 0.822. The molecule has 0 saturated carbocycles. The molecule has 0 unspecified atom stereocenters. The molecule has 0 spiro atoms. The average Bonchev–Trinajstić information content (AvgIpc) is 2.96. The van der Waals surface area contributed by atoms with Crippen LogP contribution in [-0.4, -0.2) is 14.8 Å². The fraction of sp³-hybridized carbons (Fsp3) is 0.167. The van der Waals surface area contributed by atoms with Crippen LogP contribution in [0.2, 0.25) is 0 Å². The summed E-state index contributed by atoms with van der Waals surface area (Å²) in [6.45, 7) is 1.93. The summed E-state index contributed by atoms with van der Waals surface area (Å²) in [4.78, 5) is 4.55. The van der Waals surface area contributed by atoms with Gasteiger partial charge >= 0.3 is 0 Å². The van der Waals surface area contributed by atoms with Crippen molar-refractivity contribution in [3.05, 3.63) is 35.7 Å². The number of nitrogens with zero attached hydrogens (tertiary/aromatic N) is 3. The number of thiazole rings is 1. The van der Waals surface area contributed by atoms with Gasteiger partial charge in [-0.1, -0.05) is 0 Å². The van der Waals surface area contributed by atoms with Crippen LogP contribution in [0.5, 0.6) is 0 Å². The zero-order valence-electron chi connectivity index (χ0n) is 9.54. The van der Waals surface area contributed by atoms with Gasteiger partial charge in [0.2, 0.25) is 0 Å². The monoisotopic (exact) mass is 245 g/mol. The molecule has 3 heterocycles. The highest BCUT2D eigenvalue weighted by Crippen LogP contribution is 2.29. The first kappa shape index (κ1) is 10.3. The minimum absolute atomic E-state index is 0.822. The maximum absolute atomic E-state index is 5.55. The predicted octanol–water partition coefficient (Wildman–Crippen LogP) is 3.11. The van der Waals surface area contributed by atoms with Crippen LogP contribution in [0, 0.1) is 6.92 Å². The highest BCUT2D eigenvalue weighted by molar-refractivity contribution is 7.13. The first-order valence-corrected chi connectivity index (χ1v) is 6.12. The van der Waals surface area contributed by atoms with Gasteiger partial charge in [-0.15, -0.1) is 11.3 Å². The molecule has 3 aromatic heterocycles. The maximum atomic E-state index is 5.55. The Labute approximate surface area is 103 Å². The van der Waals surface area contributed by atoms with E-state index in [1.54, 1.807) is 16.0 Å². The fourth-order valence-electron chi connectivity index (χ4n) is 1.62. The quantitative estimate of drug-likeness (QED) is 0.696. The molecule has 0 radical (unpaired) electrons. The number of rotatable bonds is 2. The van der Waals surface area contributed by atoms with Crippen molar-refractivity contribution in [1.82, 2.24) is 14.8 Å². The van der Waals surface area contributed by atoms with Crippen LogP contribution in [0.15, 0.2) is 34.3 Å². The second-order valence-corrected chi connectivity index (χ2v) is 4.71. The Hall–Kier alpha value is -1.88. The normalized spacial score (nSPS) is 10.9. The lowest BCUT2D eigenvalue weighted by Gasteiger charge is -1.89. The van der Waals surface area contributed by atoms with E-state index in [0.29, 0.717) is 0 Å². The van der Waals surface area contributed by atoms with Gasteiger partial charge in [-0.2, -0.15) is 5.10 Å². The zero-order valence-corrected chi connectivity index (χ0v) is 10.4. The molecule has 0 atom stereocenters. The summed E-state index contributed by atoms with van der Waals surface area (Å²) in [7, 11) is 1.90. The number of hydrogen-bond acceptors (Lipinski definition) is 4. The highest BCUT2D eigenvalue weighted by atomic mass is 32.1. The van der Waals surface area contributed by atoms with Crippen molar-refractivity contribution in [2.24, 2.45) is 7.05 Å². The lowest BCUT2D eigenvalue weighted by Crippen LogP contribution is -1.84. The molecular weight excluding hydrogens is 234 g/mol. The van der Waals surface area contributed by atoms with Crippen molar-refractivity contribution in [3.8, 4) is 22.0 Å². The number of hydrogen-bond donors (Lipinski definition) is 0. The molecule has 5 heteroatoms. The minimum Gasteiger partial charge on any atom is -0.459 e. The molecule has 0 N–H and O–H groups in total. The molecule has 0 aromatic carbocycles. The summed E-state index contributed by atoms with van der Waals surface area (Å²) in [5, 5.41) is 7.05. The largest absolute Gasteiger partial charge is 0.459 e. The number of aromatic nitrogens is 3. The van der Waals surface area contributed by atoms with E-state index in [1.165, 1.54) is 0 Å². The van der Waals surface area contributed by atoms with Crippen molar-refractivity contribution < 1.29 is 4.42 Å². The van der Waals surface area contributed by atoms with E-state index >= 15 is 0 Å². The van der Waals surface area contributed by atoms with E-state index in [9.17, 15) is 0 Å². The van der Waals surface area contributed by atoms with Crippen molar-refractivity contribution in [2.45, 2.75) is 6.92 Å². The van der Waals surface area contributed by atoms with Crippen LogP contribution in [0.3, 0.4) is 0 Å². The van der Waals surface area contributed by atoms with Gasteiger partial charge in [-0.05, 0) is 19.1 Å². The molecule has 0 bridgehead atoms. The van der Waals surface area contributed by atoms with E-state index < -0.39 is 0 Å². The first-order valence-electron chi connectivity index (χ1n) is 5.24. The van der Waals surface area contributed by atoms with Crippen LogP contribution in [0.25, 0.3) is 22.0 Å². The van der Waals surface area contributed by atoms with Crippen LogP contribution in [-0.2, 0) is 7.05 Å². The topological polar surface area (TPSA) is 43.9 Å². The number of furan rings is 1. The molecule has 3 rings (SSSR count). The first-order chi connectivity index (χ1) is 8.22. The Kier molecular flexibility index (Phi) is 2.33. The SMILES string of the molecule is Cc1ccc(-c2nc(-c3cnn(C)c3)cs2)o1. The van der Waals surface area contributed by atoms with Gasteiger partial charge in [0.1, 0.15) is 5.76 Å². The van der Waals surface area contributed by atoms with E-state index in [0.717, 1.165) is 27.8 Å². The number of aryl methyl sites for hydroxylation is 2. The third kappa shape index (κ3) is 1.89. The van der Waals surface area contributed by atoms with Crippen LogP contribution >= 0.6 is 11.3 Å². The maximum Gasteiger partial charge on any atom is 0.162 e. The van der Waals surface area contributed by atoms with E-state index in [-0.39, 0.29) is 0 Å². The van der Waals surface area contributed by atoms with Gasteiger partial charge in [0.05, 0.1) is 11.9 Å². The zero-order chi connectivity index (χ0) is 11.8. The molecule has 86 valence electrons. The van der Waals surface area contributed by atoms with Gasteiger partial charge in [0, 0.05) is 24.2 Å². The molecule has 4 nitrogen and oxygen atoms in total. The van der Waals surface area contributed by atoms with Crippen molar-refractivity contribution in [1.29, 1.82) is 0 Å². The molecule has 0 aliphatic carbocycles. The van der Waals surface area contributed by atoms with Crippen molar-refractivity contribution in [2.75, 3.05) is 0 Å². The van der Waals surface area contributed by atoms with E-state index in [2.05, 4.69) is 10.1 Å². The van der Waals surface area contributed by atoms with Gasteiger partial charge in [-0.3, -0.25) is 4.68 Å². The Morgan fingerprint density at radius 2 is 2.24 bits per heavy atom. The summed E-state index contributed by atoms with van der Waals surface area (Å²) in [5.41, 5.74) is 1.96. The van der Waals surface area contributed by atoms with Crippen LogP contribution in [0.1, 0.15) is 5.76 Å². The molecule has 3 aromatic rings. The Morgan fingerprint density at radius 3 is 2.88 bits per heavy atom. The molecule has 0 saturated heterocycles. The average molecular weight is 245 g/mol. The van der Waals surface area contributed by atoms with Gasteiger partial charge in [0.15, 0.2) is 10.8 Å².